The van der Waals surface area contributed by atoms with Crippen LogP contribution in [-0.4, -0.2) is 39.1 Å². The molecule has 0 bridgehead atoms. The van der Waals surface area contributed by atoms with Gasteiger partial charge in [-0.3, -0.25) is 4.99 Å². The molecular formula is C11H15N3O4. The third-order valence-corrected chi connectivity index (χ3v) is 2.81. The van der Waals surface area contributed by atoms with E-state index in [0.29, 0.717) is 12.3 Å². The van der Waals surface area contributed by atoms with Gasteiger partial charge in [0.25, 0.3) is 0 Å². The van der Waals surface area contributed by atoms with Gasteiger partial charge >= 0.3 is 5.97 Å². The fourth-order valence-corrected chi connectivity index (χ4v) is 1.95. The number of carboxylic acid groups (broad SMARTS) is 1. The van der Waals surface area contributed by atoms with E-state index in [1.165, 1.54) is 0 Å². The highest BCUT2D eigenvalue weighted by Crippen LogP contribution is 2.18. The molecule has 18 heavy (non-hydrogen) atoms. The first-order valence-electron chi connectivity index (χ1n) is 5.72. The minimum Gasteiger partial charge on any atom is -0.476 e. The van der Waals surface area contributed by atoms with E-state index < -0.39 is 12.1 Å². The Morgan fingerprint density at radius 1 is 1.67 bits per heavy atom. The van der Waals surface area contributed by atoms with Crippen LogP contribution in [0.2, 0.25) is 0 Å². The number of carboxylic acids is 1. The highest BCUT2D eigenvalue weighted by Gasteiger charge is 2.21. The fourth-order valence-electron chi connectivity index (χ4n) is 1.95. The number of carbonyl (C=O) groups is 1. The Bertz CT molecular complexity index is 469. The van der Waals surface area contributed by atoms with Crippen LogP contribution in [0.4, 0.5) is 0 Å². The molecule has 0 saturated heterocycles. The van der Waals surface area contributed by atoms with Gasteiger partial charge in [0.2, 0.25) is 0 Å². The van der Waals surface area contributed by atoms with Crippen LogP contribution >= 0.6 is 0 Å². The molecule has 0 aliphatic carbocycles. The van der Waals surface area contributed by atoms with Crippen molar-refractivity contribution in [2.24, 2.45) is 10.7 Å². The second-order valence-electron chi connectivity index (χ2n) is 4.34. The second-order valence-corrected chi connectivity index (χ2v) is 4.34. The molecule has 1 aromatic rings. The summed E-state index contributed by atoms with van der Waals surface area (Å²) in [6, 6.07) is 0.0360. The molecule has 2 rings (SSSR count). The lowest BCUT2D eigenvalue weighted by molar-refractivity contribution is 0.0690. The van der Waals surface area contributed by atoms with Gasteiger partial charge in [0, 0.05) is 6.42 Å². The molecule has 4 N–H and O–H groups in total. The first-order chi connectivity index (χ1) is 8.54. The molecule has 2 atom stereocenters. The number of aliphatic hydroxyl groups excluding tert-OH is 1. The molecular weight excluding hydrogens is 238 g/mol. The lowest BCUT2D eigenvalue weighted by Gasteiger charge is -2.11. The molecule has 0 saturated carbocycles. The van der Waals surface area contributed by atoms with E-state index in [9.17, 15) is 9.90 Å². The van der Waals surface area contributed by atoms with E-state index in [2.05, 4.69) is 9.98 Å². The van der Waals surface area contributed by atoms with E-state index in [4.69, 9.17) is 15.3 Å². The average Bonchev–Trinajstić information content (AvgIpc) is 2.88. The predicted octanol–water partition coefficient (Wildman–Crippen LogP) is 0.186. The minimum absolute atomic E-state index is 0.0360. The summed E-state index contributed by atoms with van der Waals surface area (Å²) in [5.41, 5.74) is 5.41. The molecule has 2 unspecified atom stereocenters. The van der Waals surface area contributed by atoms with Crippen molar-refractivity contribution < 1.29 is 19.4 Å². The van der Waals surface area contributed by atoms with Gasteiger partial charge in [-0.2, -0.15) is 0 Å². The number of hydrogen-bond acceptors (Lipinski definition) is 6. The zero-order valence-corrected chi connectivity index (χ0v) is 9.74. The number of aliphatic imine (C=N–C) groups is 1. The zero-order valence-electron chi connectivity index (χ0n) is 9.74. The molecule has 0 spiro atoms. The van der Waals surface area contributed by atoms with Gasteiger partial charge < -0.3 is 20.4 Å². The highest BCUT2D eigenvalue weighted by molar-refractivity contribution is 5.84. The Labute approximate surface area is 103 Å². The third kappa shape index (κ3) is 3.07. The average molecular weight is 253 g/mol. The fraction of sp³-hybridized carbons (Fsp3) is 0.545. The van der Waals surface area contributed by atoms with E-state index in [0.717, 1.165) is 19.1 Å². The van der Waals surface area contributed by atoms with Crippen molar-refractivity contribution in [3.8, 4) is 0 Å². The molecule has 0 amide bonds. The van der Waals surface area contributed by atoms with Gasteiger partial charge in [-0.15, -0.1) is 0 Å². The van der Waals surface area contributed by atoms with Crippen LogP contribution in [0.1, 0.15) is 35.6 Å². The first-order valence-corrected chi connectivity index (χ1v) is 5.72. The Hall–Kier alpha value is -1.89. The van der Waals surface area contributed by atoms with Crippen LogP contribution in [0.25, 0.3) is 0 Å². The SMILES string of the molecule is NC1=NC(CC(O)Cc2nc(C(=O)O)co2)CC1. The molecule has 0 radical (unpaired) electrons. The summed E-state index contributed by atoms with van der Waals surface area (Å²) < 4.78 is 4.97. The van der Waals surface area contributed by atoms with Crippen molar-refractivity contribution >= 4 is 11.8 Å². The van der Waals surface area contributed by atoms with Gasteiger partial charge in [-0.05, 0) is 12.8 Å². The van der Waals surface area contributed by atoms with Crippen molar-refractivity contribution in [2.75, 3.05) is 0 Å². The number of aromatic nitrogens is 1. The number of aromatic carboxylic acids is 1. The Kier molecular flexibility index (Phi) is 3.61. The second kappa shape index (κ2) is 5.18. The quantitative estimate of drug-likeness (QED) is 0.688. The summed E-state index contributed by atoms with van der Waals surface area (Å²) in [6.07, 6.45) is 2.67. The van der Waals surface area contributed by atoms with Gasteiger partial charge in [-0.1, -0.05) is 0 Å². The largest absolute Gasteiger partial charge is 0.476 e. The van der Waals surface area contributed by atoms with Crippen molar-refractivity contribution in [2.45, 2.75) is 37.8 Å². The van der Waals surface area contributed by atoms with E-state index >= 15 is 0 Å². The monoisotopic (exact) mass is 253 g/mol. The molecule has 7 heteroatoms. The topological polar surface area (TPSA) is 122 Å². The molecule has 1 aliphatic rings. The number of rotatable bonds is 5. The molecule has 0 aromatic carbocycles. The normalized spacial score (nSPS) is 20.7. The third-order valence-electron chi connectivity index (χ3n) is 2.81. The van der Waals surface area contributed by atoms with Crippen LogP contribution in [-0.2, 0) is 6.42 Å². The zero-order chi connectivity index (χ0) is 13.1. The van der Waals surface area contributed by atoms with Gasteiger partial charge in [0.15, 0.2) is 11.6 Å². The Morgan fingerprint density at radius 3 is 3.00 bits per heavy atom. The maximum absolute atomic E-state index is 10.6. The smallest absolute Gasteiger partial charge is 0.357 e. The summed E-state index contributed by atoms with van der Waals surface area (Å²) in [7, 11) is 0. The lowest BCUT2D eigenvalue weighted by atomic mass is 10.1. The molecule has 2 heterocycles. The van der Waals surface area contributed by atoms with Crippen LogP contribution in [0.15, 0.2) is 15.7 Å². The summed E-state index contributed by atoms with van der Waals surface area (Å²) in [6.45, 7) is 0. The summed E-state index contributed by atoms with van der Waals surface area (Å²) in [5.74, 6) is -0.306. The van der Waals surface area contributed by atoms with Gasteiger partial charge in [0.1, 0.15) is 6.26 Å². The number of nitrogens with two attached hydrogens (primary N) is 1. The molecule has 0 fully saturated rings. The van der Waals surface area contributed by atoms with Crippen LogP contribution in [0, 0.1) is 0 Å². The van der Waals surface area contributed by atoms with Gasteiger partial charge in [-0.25, -0.2) is 9.78 Å². The maximum atomic E-state index is 10.6. The summed E-state index contributed by atoms with van der Waals surface area (Å²) >= 11 is 0. The van der Waals surface area contributed by atoms with E-state index in [1.54, 1.807) is 0 Å². The minimum atomic E-state index is -1.15. The number of aliphatic hydroxyl groups is 1. The molecule has 98 valence electrons. The lowest BCUT2D eigenvalue weighted by Crippen LogP contribution is -2.17. The Morgan fingerprint density at radius 2 is 2.44 bits per heavy atom. The van der Waals surface area contributed by atoms with Crippen molar-refractivity contribution in [3.05, 3.63) is 17.8 Å². The highest BCUT2D eigenvalue weighted by atomic mass is 16.4. The van der Waals surface area contributed by atoms with Crippen molar-refractivity contribution in [1.29, 1.82) is 0 Å². The van der Waals surface area contributed by atoms with Crippen LogP contribution < -0.4 is 5.73 Å². The molecule has 7 nitrogen and oxygen atoms in total. The van der Waals surface area contributed by atoms with Crippen molar-refractivity contribution in [1.82, 2.24) is 4.98 Å². The molecule has 1 aromatic heterocycles. The van der Waals surface area contributed by atoms with E-state index in [1.807, 2.05) is 0 Å². The number of amidine groups is 1. The Balaban J connectivity index is 1.86. The van der Waals surface area contributed by atoms with Crippen LogP contribution in [0.3, 0.4) is 0 Å². The van der Waals surface area contributed by atoms with Gasteiger partial charge in [0.05, 0.1) is 24.4 Å². The number of nitrogens with zero attached hydrogens (tertiary/aromatic N) is 2. The molecule has 1 aliphatic heterocycles. The van der Waals surface area contributed by atoms with Crippen molar-refractivity contribution in [3.63, 3.8) is 0 Å². The van der Waals surface area contributed by atoms with Crippen LogP contribution in [0.5, 0.6) is 0 Å². The predicted molar refractivity (Wildman–Crippen MR) is 62.4 cm³/mol. The standard InChI is InChI=1S/C11H15N3O4/c12-9-2-1-6(13-9)3-7(15)4-10-14-8(5-18-10)11(16)17/h5-7,15H,1-4H2,(H2,12,13)(H,16,17). The van der Waals surface area contributed by atoms with E-state index in [-0.39, 0.29) is 24.0 Å². The number of hydrogen-bond donors (Lipinski definition) is 3. The first kappa shape index (κ1) is 12.6. The maximum Gasteiger partial charge on any atom is 0.357 e. The summed E-state index contributed by atoms with van der Waals surface area (Å²) in [5, 5.41) is 18.5. The summed E-state index contributed by atoms with van der Waals surface area (Å²) in [4.78, 5) is 18.5. The number of oxazole rings is 1.